The quantitative estimate of drug-likeness (QED) is 0.0367. The molecule has 0 amide bonds. The summed E-state index contributed by atoms with van der Waals surface area (Å²) in [4.78, 5) is 23.8. The van der Waals surface area contributed by atoms with Gasteiger partial charge in [0.2, 0.25) is 0 Å². The number of esters is 2. The molecule has 0 aliphatic heterocycles. The summed E-state index contributed by atoms with van der Waals surface area (Å²) in [6, 6.07) is 0. The Labute approximate surface area is 263 Å². The monoisotopic (exact) mass is 604 g/mol. The van der Waals surface area contributed by atoms with Crippen LogP contribution in [0.4, 0.5) is 0 Å². The molecule has 0 bridgehead atoms. The van der Waals surface area contributed by atoms with Crippen molar-refractivity contribution in [2.75, 3.05) is 13.2 Å². The number of aliphatic hydroxyl groups is 2. The van der Waals surface area contributed by atoms with Crippen LogP contribution in [0.5, 0.6) is 0 Å². The number of carbonyl (C=O) groups is 2. The van der Waals surface area contributed by atoms with Crippen molar-refractivity contribution in [1.29, 1.82) is 0 Å². The van der Waals surface area contributed by atoms with Crippen LogP contribution in [0.2, 0.25) is 0 Å². The van der Waals surface area contributed by atoms with Gasteiger partial charge in [-0.2, -0.15) is 0 Å². The van der Waals surface area contributed by atoms with E-state index in [-0.39, 0.29) is 37.7 Å². The van der Waals surface area contributed by atoms with Crippen LogP contribution in [-0.4, -0.2) is 47.6 Å². The number of ether oxygens (including phenoxy) is 2. The molecule has 0 heterocycles. The molecule has 0 saturated carbocycles. The third-order valence-electron chi connectivity index (χ3n) is 7.17. The fourth-order valence-electron chi connectivity index (χ4n) is 4.48. The number of allylic oxidation sites excluding steroid dienone is 7. The first-order chi connectivity index (χ1) is 21.0. The molecule has 43 heavy (non-hydrogen) atoms. The summed E-state index contributed by atoms with van der Waals surface area (Å²) in [5, 5.41) is 19.8. The number of aliphatic hydroxyl groups excluding tert-OH is 2. The second-order valence-electron chi connectivity index (χ2n) is 11.5. The molecular weight excluding hydrogens is 540 g/mol. The molecule has 6 heteroatoms. The zero-order chi connectivity index (χ0) is 31.6. The average Bonchev–Trinajstić information content (AvgIpc) is 3.00. The lowest BCUT2D eigenvalue weighted by atomic mass is 10.1. The van der Waals surface area contributed by atoms with E-state index >= 15 is 0 Å². The fourth-order valence-corrected chi connectivity index (χ4v) is 4.48. The maximum Gasteiger partial charge on any atom is 0.305 e. The molecule has 0 saturated heterocycles. The van der Waals surface area contributed by atoms with E-state index in [1.54, 1.807) is 0 Å². The van der Waals surface area contributed by atoms with Crippen molar-refractivity contribution in [3.8, 4) is 0 Å². The molecule has 0 radical (unpaired) electrons. The minimum absolute atomic E-state index is 0.144. The third-order valence-corrected chi connectivity index (χ3v) is 7.17. The molecule has 0 aliphatic rings. The van der Waals surface area contributed by atoms with Crippen molar-refractivity contribution < 1.29 is 29.3 Å². The number of hydrogen-bond donors (Lipinski definition) is 2. The van der Waals surface area contributed by atoms with E-state index in [1.165, 1.54) is 57.8 Å². The number of rotatable bonds is 30. The molecule has 0 aromatic rings. The van der Waals surface area contributed by atoms with Gasteiger partial charge >= 0.3 is 11.9 Å². The molecule has 0 unspecified atom stereocenters. The standard InChI is InChI=1S/C37H64O6/c1-3-5-7-8-9-10-12-16-19-22-26-30-36(40)42-32-35(39)33-43-37(41)31-27-23-20-17-14-11-13-15-18-21-25-29-34(38)28-24-6-4-2/h11,13,17-18,20-21,25,29,34-35,38-39H,3-10,12,14-16,19,22-24,26-28,30-33H2,1-2H3/b13-11-,20-17-,21-18-,29-25+/t34-,35-/m1/s1. The zero-order valence-corrected chi connectivity index (χ0v) is 27.6. The molecule has 6 nitrogen and oxygen atoms in total. The van der Waals surface area contributed by atoms with Crippen molar-refractivity contribution in [2.24, 2.45) is 0 Å². The predicted molar refractivity (Wildman–Crippen MR) is 179 cm³/mol. The highest BCUT2D eigenvalue weighted by atomic mass is 16.6. The predicted octanol–water partition coefficient (Wildman–Crippen LogP) is 9.25. The van der Waals surface area contributed by atoms with Gasteiger partial charge < -0.3 is 19.7 Å². The van der Waals surface area contributed by atoms with Crippen molar-refractivity contribution in [1.82, 2.24) is 0 Å². The maximum atomic E-state index is 11.9. The summed E-state index contributed by atoms with van der Waals surface area (Å²) in [5.74, 6) is -0.658. The number of hydrogen-bond acceptors (Lipinski definition) is 6. The van der Waals surface area contributed by atoms with Gasteiger partial charge in [0.05, 0.1) is 6.10 Å². The van der Waals surface area contributed by atoms with Crippen LogP contribution in [-0.2, 0) is 19.1 Å². The molecule has 248 valence electrons. The van der Waals surface area contributed by atoms with E-state index < -0.39 is 6.10 Å². The molecule has 0 aromatic heterocycles. The van der Waals surface area contributed by atoms with Crippen LogP contribution in [0.3, 0.4) is 0 Å². The summed E-state index contributed by atoms with van der Waals surface area (Å²) >= 11 is 0. The minimum Gasteiger partial charge on any atom is -0.463 e. The van der Waals surface area contributed by atoms with Gasteiger partial charge in [0.25, 0.3) is 0 Å². The molecule has 2 N–H and O–H groups in total. The zero-order valence-electron chi connectivity index (χ0n) is 27.6. The van der Waals surface area contributed by atoms with Gasteiger partial charge in [-0.1, -0.05) is 146 Å². The van der Waals surface area contributed by atoms with Gasteiger partial charge in [-0.25, -0.2) is 0 Å². The summed E-state index contributed by atoms with van der Waals surface area (Å²) in [6.07, 6.45) is 36.3. The number of unbranched alkanes of at least 4 members (excludes halogenated alkanes) is 13. The largest absolute Gasteiger partial charge is 0.463 e. The van der Waals surface area contributed by atoms with Crippen LogP contribution < -0.4 is 0 Å². The second kappa shape index (κ2) is 32.7. The van der Waals surface area contributed by atoms with Crippen LogP contribution in [0, 0.1) is 0 Å². The Morgan fingerprint density at radius 3 is 1.67 bits per heavy atom. The first-order valence-corrected chi connectivity index (χ1v) is 17.3. The lowest BCUT2D eigenvalue weighted by molar-refractivity contribution is -0.152. The summed E-state index contributed by atoms with van der Waals surface area (Å²) in [5.41, 5.74) is 0. The smallest absolute Gasteiger partial charge is 0.305 e. The highest BCUT2D eigenvalue weighted by Gasteiger charge is 2.12. The first-order valence-electron chi connectivity index (χ1n) is 17.3. The van der Waals surface area contributed by atoms with E-state index in [4.69, 9.17) is 9.47 Å². The van der Waals surface area contributed by atoms with E-state index in [0.29, 0.717) is 12.8 Å². The van der Waals surface area contributed by atoms with Crippen LogP contribution >= 0.6 is 0 Å². The molecule has 0 rings (SSSR count). The third kappa shape index (κ3) is 32.6. The van der Waals surface area contributed by atoms with E-state index in [0.717, 1.165) is 57.8 Å². The van der Waals surface area contributed by atoms with E-state index in [9.17, 15) is 19.8 Å². The molecular formula is C37H64O6. The van der Waals surface area contributed by atoms with E-state index in [2.05, 4.69) is 44.2 Å². The normalized spacial score (nSPS) is 13.5. The highest BCUT2D eigenvalue weighted by molar-refractivity contribution is 5.69. The first kappa shape index (κ1) is 40.8. The van der Waals surface area contributed by atoms with E-state index in [1.807, 2.05) is 18.2 Å². The van der Waals surface area contributed by atoms with Crippen LogP contribution in [0.15, 0.2) is 48.6 Å². The van der Waals surface area contributed by atoms with Gasteiger partial charge in [-0.05, 0) is 38.5 Å². The minimum atomic E-state index is -0.995. The van der Waals surface area contributed by atoms with Crippen molar-refractivity contribution in [2.45, 2.75) is 161 Å². The van der Waals surface area contributed by atoms with Crippen molar-refractivity contribution in [3.63, 3.8) is 0 Å². The number of carbonyl (C=O) groups excluding carboxylic acids is 2. The second-order valence-corrected chi connectivity index (χ2v) is 11.5. The van der Waals surface area contributed by atoms with Crippen molar-refractivity contribution in [3.05, 3.63) is 48.6 Å². The lowest BCUT2D eigenvalue weighted by Crippen LogP contribution is -2.25. The Balaban J connectivity index is 3.63. The van der Waals surface area contributed by atoms with Gasteiger partial charge in [0.15, 0.2) is 0 Å². The van der Waals surface area contributed by atoms with Gasteiger partial charge in [-0.15, -0.1) is 0 Å². The van der Waals surface area contributed by atoms with Crippen LogP contribution in [0.25, 0.3) is 0 Å². The van der Waals surface area contributed by atoms with Crippen LogP contribution in [0.1, 0.15) is 149 Å². The Bertz CT molecular complexity index is 754. The maximum absolute atomic E-state index is 11.9. The van der Waals surface area contributed by atoms with Gasteiger partial charge in [-0.3, -0.25) is 9.59 Å². The molecule has 0 fully saturated rings. The Kier molecular flexibility index (Phi) is 31.1. The molecule has 0 aliphatic carbocycles. The fraction of sp³-hybridized carbons (Fsp3) is 0.730. The Morgan fingerprint density at radius 2 is 1.07 bits per heavy atom. The summed E-state index contributed by atoms with van der Waals surface area (Å²) in [6.45, 7) is 4.10. The Hall–Kier alpha value is -2.18. The lowest BCUT2D eigenvalue weighted by Gasteiger charge is -2.12. The molecule has 0 aromatic carbocycles. The topological polar surface area (TPSA) is 93.1 Å². The van der Waals surface area contributed by atoms with Crippen molar-refractivity contribution >= 4 is 11.9 Å². The Morgan fingerprint density at radius 1 is 0.581 bits per heavy atom. The summed E-state index contributed by atoms with van der Waals surface area (Å²) in [7, 11) is 0. The van der Waals surface area contributed by atoms with Gasteiger partial charge in [0, 0.05) is 12.8 Å². The average molecular weight is 605 g/mol. The highest BCUT2D eigenvalue weighted by Crippen LogP contribution is 2.12. The summed E-state index contributed by atoms with van der Waals surface area (Å²) < 4.78 is 10.2. The van der Waals surface area contributed by atoms with Gasteiger partial charge in [0.1, 0.15) is 19.3 Å². The molecule has 2 atom stereocenters. The SMILES string of the molecule is CCCCCCCCCCCCCC(=O)OC[C@@H](O)COC(=O)CCC/C=C\C/C=C\C/C=C\C=C\[C@H](O)CCCCC. The molecule has 0 spiro atoms.